The number of aliphatic hydroxyl groups excluding tert-OH is 1. The fourth-order valence-electron chi connectivity index (χ4n) is 2.65. The van der Waals surface area contributed by atoms with Crippen molar-refractivity contribution in [3.8, 4) is 0 Å². The van der Waals surface area contributed by atoms with Crippen LogP contribution in [0.2, 0.25) is 0 Å². The van der Waals surface area contributed by atoms with Gasteiger partial charge in [0, 0.05) is 12.6 Å². The maximum Gasteiger partial charge on any atom is 0.0818 e. The van der Waals surface area contributed by atoms with Crippen LogP contribution in [0.4, 0.5) is 0 Å². The van der Waals surface area contributed by atoms with E-state index in [0.29, 0.717) is 13.0 Å². The summed E-state index contributed by atoms with van der Waals surface area (Å²) in [5.74, 6) is 0. The molecule has 0 bridgehead atoms. The lowest BCUT2D eigenvalue weighted by molar-refractivity contribution is 0.142. The average molecular weight is 312 g/mol. The van der Waals surface area contributed by atoms with Crippen LogP contribution in [0.15, 0.2) is 60.7 Å². The third-order valence-electron chi connectivity index (χ3n) is 4.07. The van der Waals surface area contributed by atoms with Crippen molar-refractivity contribution in [3.05, 3.63) is 71.8 Å². The summed E-state index contributed by atoms with van der Waals surface area (Å²) in [5.41, 5.74) is 8.63. The smallest absolute Gasteiger partial charge is 0.0818 e. The number of rotatable bonds is 10. The Balaban J connectivity index is 1.55. The van der Waals surface area contributed by atoms with Gasteiger partial charge < -0.3 is 16.2 Å². The Morgan fingerprint density at radius 3 is 2.13 bits per heavy atom. The fraction of sp³-hybridized carbons (Fsp3) is 0.400. The quantitative estimate of drug-likeness (QED) is 0.591. The summed E-state index contributed by atoms with van der Waals surface area (Å²) >= 11 is 0. The van der Waals surface area contributed by atoms with Gasteiger partial charge in [-0.15, -0.1) is 0 Å². The number of hydrogen-bond acceptors (Lipinski definition) is 3. The minimum absolute atomic E-state index is 0.228. The lowest BCUT2D eigenvalue weighted by Crippen LogP contribution is -2.43. The van der Waals surface area contributed by atoms with Crippen molar-refractivity contribution < 1.29 is 5.11 Å². The number of unbranched alkanes of at least 4 members (excludes halogenated alkanes) is 1. The van der Waals surface area contributed by atoms with Crippen LogP contribution in [0.25, 0.3) is 0 Å². The molecule has 3 nitrogen and oxygen atoms in total. The molecule has 0 unspecified atom stereocenters. The molecule has 124 valence electrons. The molecule has 0 spiro atoms. The predicted octanol–water partition coefficient (Wildman–Crippen LogP) is 2.53. The van der Waals surface area contributed by atoms with E-state index in [-0.39, 0.29) is 6.04 Å². The Bertz CT molecular complexity index is 530. The van der Waals surface area contributed by atoms with Gasteiger partial charge in [0.25, 0.3) is 0 Å². The van der Waals surface area contributed by atoms with Gasteiger partial charge in [-0.3, -0.25) is 0 Å². The largest absolute Gasteiger partial charge is 0.390 e. The molecule has 0 aliphatic carbocycles. The Morgan fingerprint density at radius 2 is 1.48 bits per heavy atom. The molecule has 23 heavy (non-hydrogen) atoms. The molecule has 2 aromatic carbocycles. The standard InChI is InChI=1S/C20H28N2O/c21-19(15-18-12-5-2-6-13-18)20(23)16-22-14-8-7-11-17-9-3-1-4-10-17/h1-6,9-10,12-13,19-20,22-23H,7-8,11,14-16,21H2/t19-,20-/m0/s1. The monoisotopic (exact) mass is 312 g/mol. The first-order chi connectivity index (χ1) is 11.3. The van der Waals surface area contributed by atoms with Crippen molar-refractivity contribution in [3.63, 3.8) is 0 Å². The van der Waals surface area contributed by atoms with Gasteiger partial charge in [0.2, 0.25) is 0 Å². The lowest BCUT2D eigenvalue weighted by Gasteiger charge is -2.19. The highest BCUT2D eigenvalue weighted by atomic mass is 16.3. The van der Waals surface area contributed by atoms with E-state index in [4.69, 9.17) is 5.73 Å². The zero-order chi connectivity index (χ0) is 16.3. The molecule has 0 saturated heterocycles. The molecule has 0 fully saturated rings. The van der Waals surface area contributed by atoms with Crippen LogP contribution in [-0.2, 0) is 12.8 Å². The number of nitrogens with one attached hydrogen (secondary N) is 1. The second-order valence-corrected chi connectivity index (χ2v) is 6.07. The van der Waals surface area contributed by atoms with Crippen molar-refractivity contribution in [1.29, 1.82) is 0 Å². The van der Waals surface area contributed by atoms with Crippen LogP contribution in [-0.4, -0.2) is 30.3 Å². The van der Waals surface area contributed by atoms with Crippen LogP contribution in [0.3, 0.4) is 0 Å². The number of aliphatic hydroxyl groups is 1. The van der Waals surface area contributed by atoms with Crippen LogP contribution in [0, 0.1) is 0 Å². The third-order valence-corrected chi connectivity index (χ3v) is 4.07. The van der Waals surface area contributed by atoms with Gasteiger partial charge in [-0.2, -0.15) is 0 Å². The highest BCUT2D eigenvalue weighted by Gasteiger charge is 2.14. The maximum absolute atomic E-state index is 10.1. The van der Waals surface area contributed by atoms with E-state index >= 15 is 0 Å². The van der Waals surface area contributed by atoms with Gasteiger partial charge in [0.05, 0.1) is 6.10 Å². The Hall–Kier alpha value is -1.68. The van der Waals surface area contributed by atoms with Gasteiger partial charge in [-0.1, -0.05) is 60.7 Å². The first-order valence-electron chi connectivity index (χ1n) is 8.48. The van der Waals surface area contributed by atoms with Crippen molar-refractivity contribution in [2.45, 2.75) is 37.8 Å². The van der Waals surface area contributed by atoms with E-state index in [1.54, 1.807) is 0 Å². The zero-order valence-corrected chi connectivity index (χ0v) is 13.7. The van der Waals surface area contributed by atoms with Crippen molar-refractivity contribution in [1.82, 2.24) is 5.32 Å². The highest BCUT2D eigenvalue weighted by molar-refractivity contribution is 5.16. The van der Waals surface area contributed by atoms with E-state index in [1.165, 1.54) is 11.1 Å². The molecule has 2 aromatic rings. The van der Waals surface area contributed by atoms with Crippen molar-refractivity contribution in [2.75, 3.05) is 13.1 Å². The van der Waals surface area contributed by atoms with Gasteiger partial charge in [-0.25, -0.2) is 0 Å². The number of hydrogen-bond donors (Lipinski definition) is 3. The predicted molar refractivity (Wildman–Crippen MR) is 96.4 cm³/mol. The molecule has 0 aliphatic rings. The van der Waals surface area contributed by atoms with Crippen LogP contribution in [0.5, 0.6) is 0 Å². The Morgan fingerprint density at radius 1 is 0.870 bits per heavy atom. The zero-order valence-electron chi connectivity index (χ0n) is 13.7. The normalized spacial score (nSPS) is 13.7. The topological polar surface area (TPSA) is 58.3 Å². The molecule has 0 heterocycles. The molecular formula is C20H28N2O. The maximum atomic E-state index is 10.1. The Labute approximate surface area is 139 Å². The summed E-state index contributed by atoms with van der Waals surface area (Å²) in [7, 11) is 0. The molecule has 4 N–H and O–H groups in total. The minimum atomic E-state index is -0.510. The molecule has 0 aromatic heterocycles. The second kappa shape index (κ2) is 10.2. The Kier molecular flexibility index (Phi) is 7.81. The molecule has 2 atom stereocenters. The minimum Gasteiger partial charge on any atom is -0.390 e. The van der Waals surface area contributed by atoms with E-state index in [9.17, 15) is 5.11 Å². The van der Waals surface area contributed by atoms with Gasteiger partial charge in [0.15, 0.2) is 0 Å². The number of nitrogens with two attached hydrogens (primary N) is 1. The third kappa shape index (κ3) is 6.95. The van der Waals surface area contributed by atoms with Gasteiger partial charge >= 0.3 is 0 Å². The molecule has 2 rings (SSSR count). The van der Waals surface area contributed by atoms with Gasteiger partial charge in [-0.05, 0) is 43.4 Å². The molecule has 0 saturated carbocycles. The summed E-state index contributed by atoms with van der Waals surface area (Å²) in [5, 5.41) is 13.4. The second-order valence-electron chi connectivity index (χ2n) is 6.07. The number of benzene rings is 2. The molecule has 0 amide bonds. The molecule has 0 radical (unpaired) electrons. The molecule has 0 aliphatic heterocycles. The first kappa shape index (κ1) is 17.7. The first-order valence-corrected chi connectivity index (χ1v) is 8.48. The van der Waals surface area contributed by atoms with Crippen molar-refractivity contribution in [2.24, 2.45) is 5.73 Å². The fourth-order valence-corrected chi connectivity index (χ4v) is 2.65. The van der Waals surface area contributed by atoms with E-state index in [2.05, 4.69) is 29.6 Å². The summed E-state index contributed by atoms with van der Waals surface area (Å²) in [4.78, 5) is 0. The van der Waals surface area contributed by atoms with Crippen LogP contribution >= 0.6 is 0 Å². The van der Waals surface area contributed by atoms with E-state index in [0.717, 1.165) is 25.8 Å². The highest BCUT2D eigenvalue weighted by Crippen LogP contribution is 2.05. The molecule has 3 heteroatoms. The van der Waals surface area contributed by atoms with E-state index < -0.39 is 6.10 Å². The summed E-state index contributed by atoms with van der Waals surface area (Å²) < 4.78 is 0. The summed E-state index contributed by atoms with van der Waals surface area (Å²) in [6.45, 7) is 1.47. The lowest BCUT2D eigenvalue weighted by atomic mass is 10.0. The van der Waals surface area contributed by atoms with Crippen LogP contribution in [0.1, 0.15) is 24.0 Å². The van der Waals surface area contributed by atoms with Crippen LogP contribution < -0.4 is 11.1 Å². The van der Waals surface area contributed by atoms with Crippen molar-refractivity contribution >= 4 is 0 Å². The summed E-state index contributed by atoms with van der Waals surface area (Å²) in [6.07, 6.45) is 3.57. The van der Waals surface area contributed by atoms with Gasteiger partial charge in [0.1, 0.15) is 0 Å². The number of aryl methyl sites for hydroxylation is 1. The average Bonchev–Trinajstić information content (AvgIpc) is 2.59. The summed E-state index contributed by atoms with van der Waals surface area (Å²) in [6, 6.07) is 20.4. The van der Waals surface area contributed by atoms with E-state index in [1.807, 2.05) is 36.4 Å². The molecular weight excluding hydrogens is 284 g/mol. The SMILES string of the molecule is N[C@@H](Cc1ccccc1)[C@@H](O)CNCCCCc1ccccc1.